The average molecular weight is 375 g/mol. The number of carbonyl (C=O) groups is 3. The second-order valence-electron chi connectivity index (χ2n) is 6.12. The number of ether oxygens (including phenoxy) is 1. The van der Waals surface area contributed by atoms with Gasteiger partial charge in [-0.1, -0.05) is 25.1 Å². The van der Waals surface area contributed by atoms with E-state index < -0.39 is 24.1 Å². The minimum atomic E-state index is -1.00. The van der Waals surface area contributed by atoms with Gasteiger partial charge >= 0.3 is 5.97 Å². The quantitative estimate of drug-likeness (QED) is 0.397. The van der Waals surface area contributed by atoms with Crippen molar-refractivity contribution in [3.05, 3.63) is 35.8 Å². The van der Waals surface area contributed by atoms with E-state index in [0.717, 1.165) is 0 Å². The summed E-state index contributed by atoms with van der Waals surface area (Å²) in [7, 11) is 0. The van der Waals surface area contributed by atoms with Gasteiger partial charge in [0.05, 0.1) is 13.0 Å². The highest BCUT2D eigenvalue weighted by Gasteiger charge is 2.23. The van der Waals surface area contributed by atoms with Crippen LogP contribution in [-0.2, 0) is 19.1 Å². The lowest BCUT2D eigenvalue weighted by Crippen LogP contribution is -2.26. The van der Waals surface area contributed by atoms with Gasteiger partial charge in [-0.05, 0) is 19.9 Å². The SMILES string of the molecule is CCOC(=O)C(=O)CC(=O)C(C)CNc1n[nH]c(C)c1-c1ccccc1F. The number of aromatic nitrogens is 2. The first kappa shape index (κ1) is 20.3. The van der Waals surface area contributed by atoms with Crippen LogP contribution in [0.25, 0.3) is 11.1 Å². The maximum Gasteiger partial charge on any atom is 0.375 e. The number of rotatable bonds is 9. The van der Waals surface area contributed by atoms with Crippen molar-refractivity contribution in [2.24, 2.45) is 5.92 Å². The van der Waals surface area contributed by atoms with E-state index in [1.54, 1.807) is 39.0 Å². The molecule has 0 spiro atoms. The number of carbonyl (C=O) groups excluding carboxylic acids is 3. The van der Waals surface area contributed by atoms with Gasteiger partial charge in [0, 0.05) is 29.3 Å². The van der Waals surface area contributed by atoms with E-state index in [1.807, 2.05) is 0 Å². The van der Waals surface area contributed by atoms with Crippen LogP contribution >= 0.6 is 0 Å². The van der Waals surface area contributed by atoms with Crippen molar-refractivity contribution >= 4 is 23.4 Å². The summed E-state index contributed by atoms with van der Waals surface area (Å²) in [6.07, 6.45) is -0.512. The van der Waals surface area contributed by atoms with Gasteiger partial charge in [-0.15, -0.1) is 0 Å². The lowest BCUT2D eigenvalue weighted by atomic mass is 10.0. The van der Waals surface area contributed by atoms with E-state index in [-0.39, 0.29) is 24.8 Å². The number of Topliss-reactive ketones (excluding diaryl/α,β-unsaturated/α-hetero) is 2. The highest BCUT2D eigenvalue weighted by molar-refractivity contribution is 6.37. The van der Waals surface area contributed by atoms with Crippen LogP contribution in [0.4, 0.5) is 10.2 Å². The Kier molecular flexibility index (Phi) is 6.81. The summed E-state index contributed by atoms with van der Waals surface area (Å²) in [6, 6.07) is 6.33. The molecule has 0 aliphatic carbocycles. The Morgan fingerprint density at radius 3 is 2.67 bits per heavy atom. The van der Waals surface area contributed by atoms with E-state index in [4.69, 9.17) is 0 Å². The highest BCUT2D eigenvalue weighted by atomic mass is 19.1. The van der Waals surface area contributed by atoms with Gasteiger partial charge in [-0.2, -0.15) is 5.10 Å². The van der Waals surface area contributed by atoms with E-state index in [0.29, 0.717) is 22.6 Å². The van der Waals surface area contributed by atoms with E-state index in [9.17, 15) is 18.8 Å². The molecule has 0 radical (unpaired) electrons. The minimum Gasteiger partial charge on any atom is -0.460 e. The first-order chi connectivity index (χ1) is 12.8. The second kappa shape index (κ2) is 9.07. The molecule has 2 N–H and O–H groups in total. The summed E-state index contributed by atoms with van der Waals surface area (Å²) in [5, 5.41) is 9.93. The molecular weight excluding hydrogens is 353 g/mol. The molecular formula is C19H22FN3O4. The largest absolute Gasteiger partial charge is 0.460 e. The van der Waals surface area contributed by atoms with Crippen molar-refractivity contribution in [2.45, 2.75) is 27.2 Å². The number of aromatic amines is 1. The van der Waals surface area contributed by atoms with E-state index >= 15 is 0 Å². The van der Waals surface area contributed by atoms with Gasteiger partial charge in [-0.3, -0.25) is 14.7 Å². The third kappa shape index (κ3) is 4.99. The molecule has 0 amide bonds. The number of ketones is 2. The molecule has 1 aromatic heterocycles. The molecule has 1 aromatic carbocycles. The van der Waals surface area contributed by atoms with Crippen molar-refractivity contribution in [2.75, 3.05) is 18.5 Å². The lowest BCUT2D eigenvalue weighted by molar-refractivity contribution is -0.154. The number of hydrogen-bond acceptors (Lipinski definition) is 6. The number of hydrogen-bond donors (Lipinski definition) is 2. The van der Waals surface area contributed by atoms with Crippen LogP contribution < -0.4 is 5.32 Å². The number of benzene rings is 1. The highest BCUT2D eigenvalue weighted by Crippen LogP contribution is 2.31. The van der Waals surface area contributed by atoms with Crippen LogP contribution in [0.15, 0.2) is 24.3 Å². The van der Waals surface area contributed by atoms with Crippen molar-refractivity contribution in [1.29, 1.82) is 0 Å². The molecule has 7 nitrogen and oxygen atoms in total. The molecule has 0 aliphatic heterocycles. The van der Waals surface area contributed by atoms with Gasteiger partial charge in [0.1, 0.15) is 11.6 Å². The molecule has 1 unspecified atom stereocenters. The van der Waals surface area contributed by atoms with Crippen molar-refractivity contribution in [3.8, 4) is 11.1 Å². The molecule has 27 heavy (non-hydrogen) atoms. The zero-order chi connectivity index (χ0) is 20.0. The Labute approximate surface area is 156 Å². The summed E-state index contributed by atoms with van der Waals surface area (Å²) in [5.74, 6) is -2.77. The van der Waals surface area contributed by atoms with Crippen molar-refractivity contribution < 1.29 is 23.5 Å². The maximum atomic E-state index is 14.1. The topological polar surface area (TPSA) is 101 Å². The van der Waals surface area contributed by atoms with Crippen molar-refractivity contribution in [1.82, 2.24) is 10.2 Å². The normalized spacial score (nSPS) is 11.7. The van der Waals surface area contributed by atoms with Crippen molar-refractivity contribution in [3.63, 3.8) is 0 Å². The van der Waals surface area contributed by atoms with E-state index in [1.165, 1.54) is 6.07 Å². The monoisotopic (exact) mass is 375 g/mol. The first-order valence-electron chi connectivity index (χ1n) is 8.61. The maximum absolute atomic E-state index is 14.1. The number of aryl methyl sites for hydroxylation is 1. The van der Waals surface area contributed by atoms with Crippen LogP contribution in [0.5, 0.6) is 0 Å². The molecule has 8 heteroatoms. The van der Waals surface area contributed by atoms with Gasteiger partial charge in [-0.25, -0.2) is 9.18 Å². The van der Waals surface area contributed by atoms with Crippen LogP contribution in [0.1, 0.15) is 26.0 Å². The smallest absolute Gasteiger partial charge is 0.375 e. The van der Waals surface area contributed by atoms with Crippen LogP contribution in [0, 0.1) is 18.7 Å². The average Bonchev–Trinajstić information content (AvgIpc) is 3.00. The summed E-state index contributed by atoms with van der Waals surface area (Å²) in [5.41, 5.74) is 1.65. The third-order valence-electron chi connectivity index (χ3n) is 4.05. The molecule has 2 rings (SSSR count). The zero-order valence-electron chi connectivity index (χ0n) is 15.5. The zero-order valence-corrected chi connectivity index (χ0v) is 15.5. The number of anilines is 1. The molecule has 144 valence electrons. The number of nitrogens with zero attached hydrogens (tertiary/aromatic N) is 1. The Balaban J connectivity index is 2.03. The number of nitrogens with one attached hydrogen (secondary N) is 2. The molecule has 2 aromatic rings. The van der Waals surface area contributed by atoms with Crippen LogP contribution in [0.3, 0.4) is 0 Å². The number of esters is 1. The predicted molar refractivity (Wildman–Crippen MR) is 97.6 cm³/mol. The molecule has 1 heterocycles. The van der Waals surface area contributed by atoms with Gasteiger partial charge in [0.2, 0.25) is 5.78 Å². The Bertz CT molecular complexity index is 847. The van der Waals surface area contributed by atoms with Gasteiger partial charge in [0.25, 0.3) is 0 Å². The number of H-pyrrole nitrogens is 1. The molecule has 0 fully saturated rings. The fraction of sp³-hybridized carbons (Fsp3) is 0.368. The minimum absolute atomic E-state index is 0.0766. The molecule has 0 saturated carbocycles. The Morgan fingerprint density at radius 1 is 1.30 bits per heavy atom. The standard InChI is InChI=1S/C19H22FN3O4/c1-4-27-19(26)16(25)9-15(24)11(2)10-21-18-17(12(3)22-23-18)13-7-5-6-8-14(13)20/h5-8,11H,4,9-10H2,1-3H3,(H2,21,22,23). The lowest BCUT2D eigenvalue weighted by Gasteiger charge is -2.12. The molecule has 1 atom stereocenters. The molecule has 0 bridgehead atoms. The summed E-state index contributed by atoms with van der Waals surface area (Å²) in [4.78, 5) is 35.1. The van der Waals surface area contributed by atoms with Gasteiger partial charge < -0.3 is 10.1 Å². The Hall–Kier alpha value is -3.03. The Morgan fingerprint density at radius 2 is 2.00 bits per heavy atom. The molecule has 0 aliphatic rings. The molecule has 0 saturated heterocycles. The van der Waals surface area contributed by atoms with Crippen LogP contribution in [0.2, 0.25) is 0 Å². The fourth-order valence-electron chi connectivity index (χ4n) is 2.53. The van der Waals surface area contributed by atoms with E-state index in [2.05, 4.69) is 20.3 Å². The second-order valence-corrected chi connectivity index (χ2v) is 6.12. The van der Waals surface area contributed by atoms with Gasteiger partial charge in [0.15, 0.2) is 5.82 Å². The fourth-order valence-corrected chi connectivity index (χ4v) is 2.53. The third-order valence-corrected chi connectivity index (χ3v) is 4.05. The van der Waals surface area contributed by atoms with Crippen LogP contribution in [-0.4, -0.2) is 40.9 Å². The number of halogens is 1. The summed E-state index contributed by atoms with van der Waals surface area (Å²) >= 11 is 0. The predicted octanol–water partition coefficient (Wildman–Crippen LogP) is 2.66. The summed E-state index contributed by atoms with van der Waals surface area (Å²) < 4.78 is 18.7. The summed E-state index contributed by atoms with van der Waals surface area (Å²) in [6.45, 7) is 5.25. The first-order valence-corrected chi connectivity index (χ1v) is 8.61.